The number of benzene rings is 2. The third-order valence-electron chi connectivity index (χ3n) is 7.64. The molecular weight excluding hydrogens is 556 g/mol. The zero-order valence-electron chi connectivity index (χ0n) is 21.8. The van der Waals surface area contributed by atoms with Crippen molar-refractivity contribution in [3.8, 4) is 11.1 Å². The molecule has 0 unspecified atom stereocenters. The molecule has 0 atom stereocenters. The van der Waals surface area contributed by atoms with E-state index in [1.807, 2.05) is 31.2 Å². The van der Waals surface area contributed by atoms with Crippen LogP contribution in [0.2, 0.25) is 5.02 Å². The summed E-state index contributed by atoms with van der Waals surface area (Å²) in [6.45, 7) is 2.64. The Labute approximate surface area is 239 Å². The number of fused-ring (bicyclic) bond motifs is 1. The number of carboxylic acid groups (broad SMARTS) is 1. The van der Waals surface area contributed by atoms with Gasteiger partial charge in [0.2, 0.25) is 0 Å². The number of nitrogens with zero attached hydrogens (tertiary/aromatic N) is 2. The van der Waals surface area contributed by atoms with Gasteiger partial charge in [0, 0.05) is 31.5 Å². The van der Waals surface area contributed by atoms with Crippen LogP contribution in [0, 0.1) is 24.5 Å². The van der Waals surface area contributed by atoms with Gasteiger partial charge in [-0.25, -0.2) is 13.6 Å². The summed E-state index contributed by atoms with van der Waals surface area (Å²) in [6.07, 6.45) is 5.23. The van der Waals surface area contributed by atoms with Crippen molar-refractivity contribution in [2.75, 3.05) is 6.54 Å². The lowest BCUT2D eigenvalue weighted by atomic mass is 9.85. The third-order valence-corrected chi connectivity index (χ3v) is 9.32. The minimum Gasteiger partial charge on any atom is -0.465 e. The number of carbonyl (C=O) groups is 2. The highest BCUT2D eigenvalue weighted by Crippen LogP contribution is 2.40. The number of aromatic nitrogens is 1. The second kappa shape index (κ2) is 11.9. The predicted molar refractivity (Wildman–Crippen MR) is 153 cm³/mol. The lowest BCUT2D eigenvalue weighted by Gasteiger charge is -2.37. The van der Waals surface area contributed by atoms with Gasteiger partial charge in [-0.2, -0.15) is 0 Å². The van der Waals surface area contributed by atoms with Crippen LogP contribution < -0.4 is 5.32 Å². The Morgan fingerprint density at radius 2 is 1.75 bits per heavy atom. The van der Waals surface area contributed by atoms with E-state index in [9.17, 15) is 18.4 Å². The smallest absolute Gasteiger partial charge is 0.404 e. The third kappa shape index (κ3) is 5.81. The number of nitrogens with one attached hydrogen (secondary N) is 1. The molecule has 1 fully saturated rings. The SMILES string of the molecule is Cc1ccc(-c2ccncc2)cc1CN(C(=O)c1sc2c(F)ccc(F)c2c1Cl)C1CCC(CNC(=O)O)CC1. The first-order chi connectivity index (χ1) is 19.2. The van der Waals surface area contributed by atoms with Crippen LogP contribution in [-0.2, 0) is 6.54 Å². The van der Waals surface area contributed by atoms with Crippen LogP contribution >= 0.6 is 22.9 Å². The molecule has 2 heterocycles. The van der Waals surface area contributed by atoms with Crippen molar-refractivity contribution in [1.29, 1.82) is 0 Å². The average molecular weight is 584 g/mol. The first-order valence-corrected chi connectivity index (χ1v) is 14.3. The van der Waals surface area contributed by atoms with Gasteiger partial charge in [-0.1, -0.05) is 23.7 Å². The Bertz CT molecular complexity index is 1560. The molecule has 208 valence electrons. The summed E-state index contributed by atoms with van der Waals surface area (Å²) in [6, 6.07) is 11.8. The molecule has 1 aliphatic rings. The first-order valence-electron chi connectivity index (χ1n) is 13.1. The minimum absolute atomic E-state index is 0.0209. The first kappa shape index (κ1) is 28.0. The van der Waals surface area contributed by atoms with Crippen molar-refractivity contribution in [3.05, 3.63) is 87.5 Å². The van der Waals surface area contributed by atoms with E-state index in [0.717, 1.165) is 58.6 Å². The van der Waals surface area contributed by atoms with E-state index in [2.05, 4.69) is 16.4 Å². The predicted octanol–water partition coefficient (Wildman–Crippen LogP) is 7.67. The Morgan fingerprint density at radius 1 is 1.05 bits per heavy atom. The minimum atomic E-state index is -1.05. The molecule has 10 heteroatoms. The Hall–Kier alpha value is -3.56. The lowest BCUT2D eigenvalue weighted by Crippen LogP contribution is -2.43. The molecule has 0 radical (unpaired) electrons. The lowest BCUT2D eigenvalue weighted by molar-refractivity contribution is 0.0594. The molecule has 2 aromatic heterocycles. The molecule has 0 saturated heterocycles. The maximum atomic E-state index is 14.6. The van der Waals surface area contributed by atoms with E-state index in [1.165, 1.54) is 0 Å². The number of carbonyl (C=O) groups excluding carboxylic acids is 1. The van der Waals surface area contributed by atoms with Crippen molar-refractivity contribution in [1.82, 2.24) is 15.2 Å². The molecule has 40 heavy (non-hydrogen) atoms. The molecule has 6 nitrogen and oxygen atoms in total. The normalized spacial score (nSPS) is 17.1. The molecule has 0 aliphatic heterocycles. The van der Waals surface area contributed by atoms with E-state index in [-0.39, 0.29) is 37.9 Å². The molecule has 0 spiro atoms. The number of thiophene rings is 1. The van der Waals surface area contributed by atoms with Gasteiger partial charge in [0.1, 0.15) is 16.5 Å². The molecule has 2 aromatic carbocycles. The van der Waals surface area contributed by atoms with Gasteiger partial charge in [-0.05, 0) is 91.1 Å². The van der Waals surface area contributed by atoms with Gasteiger partial charge in [0.05, 0.1) is 15.1 Å². The van der Waals surface area contributed by atoms with E-state index in [1.54, 1.807) is 17.3 Å². The highest BCUT2D eigenvalue weighted by atomic mass is 35.5. The van der Waals surface area contributed by atoms with Crippen LogP contribution in [0.15, 0.2) is 54.9 Å². The molecule has 2 amide bonds. The summed E-state index contributed by atoms with van der Waals surface area (Å²) in [5, 5.41) is 11.3. The van der Waals surface area contributed by atoms with Crippen LogP contribution in [0.4, 0.5) is 13.6 Å². The van der Waals surface area contributed by atoms with Crippen LogP contribution in [0.25, 0.3) is 21.2 Å². The van der Waals surface area contributed by atoms with Crippen LogP contribution in [0.3, 0.4) is 0 Å². The van der Waals surface area contributed by atoms with E-state index in [0.29, 0.717) is 25.9 Å². The van der Waals surface area contributed by atoms with Gasteiger partial charge in [-0.15, -0.1) is 11.3 Å². The number of halogens is 3. The number of amides is 2. The molecule has 5 rings (SSSR count). The second-order valence-electron chi connectivity index (χ2n) is 10.1. The quantitative estimate of drug-likeness (QED) is 0.234. The van der Waals surface area contributed by atoms with Crippen LogP contribution in [-0.4, -0.2) is 39.6 Å². The average Bonchev–Trinajstić information content (AvgIpc) is 3.32. The highest BCUT2D eigenvalue weighted by molar-refractivity contribution is 7.21. The molecule has 4 aromatic rings. The molecule has 1 saturated carbocycles. The summed E-state index contributed by atoms with van der Waals surface area (Å²) in [5.74, 6) is -1.49. The summed E-state index contributed by atoms with van der Waals surface area (Å²) in [7, 11) is 0. The van der Waals surface area contributed by atoms with Gasteiger partial charge in [0.15, 0.2) is 0 Å². The van der Waals surface area contributed by atoms with Crippen molar-refractivity contribution >= 4 is 45.0 Å². The fraction of sp³-hybridized carbons (Fsp3) is 0.300. The van der Waals surface area contributed by atoms with Gasteiger partial charge >= 0.3 is 6.09 Å². The number of pyridine rings is 1. The number of aryl methyl sites for hydroxylation is 1. The van der Waals surface area contributed by atoms with E-state index >= 15 is 0 Å². The van der Waals surface area contributed by atoms with Crippen molar-refractivity contribution < 1.29 is 23.5 Å². The largest absolute Gasteiger partial charge is 0.465 e. The fourth-order valence-electron chi connectivity index (χ4n) is 5.37. The Kier molecular flexibility index (Phi) is 8.32. The summed E-state index contributed by atoms with van der Waals surface area (Å²) in [5.41, 5.74) is 3.95. The monoisotopic (exact) mass is 583 g/mol. The van der Waals surface area contributed by atoms with Gasteiger partial charge < -0.3 is 15.3 Å². The summed E-state index contributed by atoms with van der Waals surface area (Å²) < 4.78 is 29.2. The number of rotatable bonds is 7. The highest BCUT2D eigenvalue weighted by Gasteiger charge is 2.33. The van der Waals surface area contributed by atoms with Gasteiger partial charge in [-0.3, -0.25) is 9.78 Å². The number of hydrogen-bond donors (Lipinski definition) is 2. The number of hydrogen-bond acceptors (Lipinski definition) is 4. The van der Waals surface area contributed by atoms with Crippen molar-refractivity contribution in [3.63, 3.8) is 0 Å². The van der Waals surface area contributed by atoms with Crippen molar-refractivity contribution in [2.24, 2.45) is 5.92 Å². The summed E-state index contributed by atoms with van der Waals surface area (Å²) >= 11 is 7.40. The maximum absolute atomic E-state index is 14.6. The van der Waals surface area contributed by atoms with Gasteiger partial charge in [0.25, 0.3) is 5.91 Å². The second-order valence-corrected chi connectivity index (χ2v) is 11.5. The zero-order chi connectivity index (χ0) is 28.4. The van der Waals surface area contributed by atoms with E-state index < -0.39 is 17.7 Å². The topological polar surface area (TPSA) is 82.5 Å². The zero-order valence-corrected chi connectivity index (χ0v) is 23.4. The maximum Gasteiger partial charge on any atom is 0.404 e. The Balaban J connectivity index is 1.49. The fourth-order valence-corrected chi connectivity index (χ4v) is 6.88. The van der Waals surface area contributed by atoms with Crippen LogP contribution in [0.5, 0.6) is 0 Å². The molecule has 0 bridgehead atoms. The molecule has 1 aliphatic carbocycles. The molecular formula is C30H28ClF2N3O3S. The van der Waals surface area contributed by atoms with E-state index in [4.69, 9.17) is 16.7 Å². The van der Waals surface area contributed by atoms with Crippen LogP contribution in [0.1, 0.15) is 46.5 Å². The summed E-state index contributed by atoms with van der Waals surface area (Å²) in [4.78, 5) is 31.0. The van der Waals surface area contributed by atoms with Crippen molar-refractivity contribution in [2.45, 2.75) is 45.2 Å². The molecule has 2 N–H and O–H groups in total. The Morgan fingerprint density at radius 3 is 2.42 bits per heavy atom. The standard InChI is InChI=1S/C30H28ClF2N3O3S/c1-17-2-5-20(19-10-12-34-13-11-19)14-21(17)16-36(22-6-3-18(4-7-22)15-35-30(38)39)29(37)28-26(31)25-23(32)8-9-24(33)27(25)40-28/h2,5,8-14,18,22,35H,3-4,6-7,15-16H2,1H3,(H,38,39).